The molecule has 3 aromatic rings. The van der Waals surface area contributed by atoms with E-state index < -0.39 is 17.5 Å². The molecule has 4 rings (SSSR count). The standard InChI is InChI=1S/C21H21F2N3O/c1-2-24-12-6-8-18-15(10-12)16-11-13(7-9-19(16)26-18)25-21(27)14-4-3-5-17(22)20(14)23/h3-5,7,9,11-12,24,26H,2,6,8,10H2,1H3,(H,25,27). The first-order valence-electron chi connectivity index (χ1n) is 9.19. The van der Waals surface area contributed by atoms with Crippen molar-refractivity contribution in [3.63, 3.8) is 0 Å². The second-order valence-corrected chi connectivity index (χ2v) is 6.90. The van der Waals surface area contributed by atoms with E-state index in [-0.39, 0.29) is 5.56 Å². The summed E-state index contributed by atoms with van der Waals surface area (Å²) in [6, 6.07) is 9.60. The van der Waals surface area contributed by atoms with E-state index in [1.54, 1.807) is 6.07 Å². The van der Waals surface area contributed by atoms with Gasteiger partial charge in [0.2, 0.25) is 0 Å². The van der Waals surface area contributed by atoms with Gasteiger partial charge in [-0.2, -0.15) is 0 Å². The lowest BCUT2D eigenvalue weighted by Gasteiger charge is -2.23. The first kappa shape index (κ1) is 17.7. The third kappa shape index (κ3) is 3.32. The molecule has 4 nitrogen and oxygen atoms in total. The van der Waals surface area contributed by atoms with Crippen LogP contribution in [-0.2, 0) is 12.8 Å². The molecular formula is C21H21F2N3O. The lowest BCUT2D eigenvalue weighted by Crippen LogP contribution is -2.34. The number of aromatic nitrogens is 1. The van der Waals surface area contributed by atoms with Crippen LogP contribution in [0.15, 0.2) is 36.4 Å². The summed E-state index contributed by atoms with van der Waals surface area (Å²) in [5.74, 6) is -2.84. The predicted octanol–water partition coefficient (Wildman–Crippen LogP) is 4.17. The number of carbonyl (C=O) groups is 1. The molecule has 1 aliphatic carbocycles. The van der Waals surface area contributed by atoms with Crippen LogP contribution in [0.25, 0.3) is 10.9 Å². The van der Waals surface area contributed by atoms with Gasteiger partial charge >= 0.3 is 0 Å². The molecule has 0 aliphatic heterocycles. The minimum Gasteiger partial charge on any atom is -0.358 e. The molecule has 6 heteroatoms. The maximum Gasteiger partial charge on any atom is 0.258 e. The summed E-state index contributed by atoms with van der Waals surface area (Å²) in [7, 11) is 0. The van der Waals surface area contributed by atoms with Gasteiger partial charge in [0, 0.05) is 28.3 Å². The van der Waals surface area contributed by atoms with Gasteiger partial charge in [-0.1, -0.05) is 13.0 Å². The van der Waals surface area contributed by atoms with Gasteiger partial charge < -0.3 is 15.6 Å². The molecule has 0 spiro atoms. The van der Waals surface area contributed by atoms with E-state index >= 15 is 0 Å². The predicted molar refractivity (Wildman–Crippen MR) is 102 cm³/mol. The van der Waals surface area contributed by atoms with E-state index in [1.165, 1.54) is 23.4 Å². The molecule has 1 unspecified atom stereocenters. The van der Waals surface area contributed by atoms with Crippen LogP contribution in [-0.4, -0.2) is 23.5 Å². The van der Waals surface area contributed by atoms with Crippen LogP contribution in [0.4, 0.5) is 14.5 Å². The first-order chi connectivity index (χ1) is 13.1. The van der Waals surface area contributed by atoms with Crippen molar-refractivity contribution in [3.05, 3.63) is 64.9 Å². The lowest BCUT2D eigenvalue weighted by molar-refractivity contribution is 0.102. The summed E-state index contributed by atoms with van der Waals surface area (Å²) in [5.41, 5.74) is 3.77. The summed E-state index contributed by atoms with van der Waals surface area (Å²) in [4.78, 5) is 15.8. The Morgan fingerprint density at radius 1 is 1.26 bits per heavy atom. The number of halogens is 2. The third-order valence-corrected chi connectivity index (χ3v) is 5.13. The second-order valence-electron chi connectivity index (χ2n) is 6.90. The van der Waals surface area contributed by atoms with Gasteiger partial charge in [0.1, 0.15) is 0 Å². The number of hydrogen-bond acceptors (Lipinski definition) is 2. The molecule has 140 valence electrons. The van der Waals surface area contributed by atoms with Gasteiger partial charge in [0.25, 0.3) is 5.91 Å². The molecule has 2 aromatic carbocycles. The fourth-order valence-electron chi connectivity index (χ4n) is 3.84. The molecule has 27 heavy (non-hydrogen) atoms. The molecular weight excluding hydrogens is 348 g/mol. The molecule has 1 aromatic heterocycles. The van der Waals surface area contributed by atoms with Gasteiger partial charge in [-0.05, 0) is 61.7 Å². The number of fused-ring (bicyclic) bond motifs is 3. The zero-order chi connectivity index (χ0) is 19.0. The van der Waals surface area contributed by atoms with Crippen LogP contribution in [0, 0.1) is 11.6 Å². The Kier molecular flexibility index (Phi) is 4.66. The first-order valence-corrected chi connectivity index (χ1v) is 9.19. The lowest BCUT2D eigenvalue weighted by atomic mass is 9.91. The second kappa shape index (κ2) is 7.12. The summed E-state index contributed by atoms with van der Waals surface area (Å²) >= 11 is 0. The van der Waals surface area contributed by atoms with E-state index in [4.69, 9.17) is 0 Å². The third-order valence-electron chi connectivity index (χ3n) is 5.13. The smallest absolute Gasteiger partial charge is 0.258 e. The molecule has 3 N–H and O–H groups in total. The summed E-state index contributed by atoms with van der Waals surface area (Å²) in [6.07, 6.45) is 3.01. The number of rotatable bonds is 4. The van der Waals surface area contributed by atoms with Crippen molar-refractivity contribution in [3.8, 4) is 0 Å². The Morgan fingerprint density at radius 3 is 2.93 bits per heavy atom. The van der Waals surface area contributed by atoms with Crippen molar-refractivity contribution in [1.29, 1.82) is 0 Å². The van der Waals surface area contributed by atoms with E-state index in [1.807, 2.05) is 12.1 Å². The summed E-state index contributed by atoms with van der Waals surface area (Å²) < 4.78 is 27.2. The Morgan fingerprint density at radius 2 is 2.11 bits per heavy atom. The van der Waals surface area contributed by atoms with E-state index in [0.717, 1.165) is 42.8 Å². The summed E-state index contributed by atoms with van der Waals surface area (Å²) in [6.45, 7) is 3.03. The van der Waals surface area contributed by atoms with Crippen molar-refractivity contribution in [2.75, 3.05) is 11.9 Å². The quantitative estimate of drug-likeness (QED) is 0.647. The number of aromatic amines is 1. The Hall–Kier alpha value is -2.73. The highest BCUT2D eigenvalue weighted by Gasteiger charge is 2.22. The molecule has 1 atom stereocenters. The highest BCUT2D eigenvalue weighted by atomic mass is 19.2. The average molecular weight is 369 g/mol. The fraction of sp³-hybridized carbons (Fsp3) is 0.286. The molecule has 0 fully saturated rings. The monoisotopic (exact) mass is 369 g/mol. The topological polar surface area (TPSA) is 56.9 Å². The Bertz CT molecular complexity index is 1010. The number of carbonyl (C=O) groups excluding carboxylic acids is 1. The van der Waals surface area contributed by atoms with Gasteiger partial charge in [-0.15, -0.1) is 0 Å². The van der Waals surface area contributed by atoms with Gasteiger partial charge in [0.05, 0.1) is 5.56 Å². The number of nitrogens with one attached hydrogen (secondary N) is 3. The maximum atomic E-state index is 13.9. The van der Waals surface area contributed by atoms with Gasteiger partial charge in [-0.3, -0.25) is 4.79 Å². The summed E-state index contributed by atoms with van der Waals surface area (Å²) in [5, 5.41) is 7.24. The van der Waals surface area contributed by atoms with Crippen LogP contribution in [0.2, 0.25) is 0 Å². The largest absolute Gasteiger partial charge is 0.358 e. The highest BCUT2D eigenvalue weighted by molar-refractivity contribution is 6.05. The van der Waals surface area contributed by atoms with Crippen molar-refractivity contribution < 1.29 is 13.6 Å². The van der Waals surface area contributed by atoms with Crippen molar-refractivity contribution in [2.24, 2.45) is 0 Å². The number of hydrogen-bond donors (Lipinski definition) is 3. The minimum absolute atomic E-state index is 0.307. The number of H-pyrrole nitrogens is 1. The molecule has 0 bridgehead atoms. The molecule has 0 radical (unpaired) electrons. The zero-order valence-electron chi connectivity index (χ0n) is 15.0. The van der Waals surface area contributed by atoms with Crippen molar-refractivity contribution in [2.45, 2.75) is 32.2 Å². The molecule has 1 amide bonds. The molecule has 0 saturated carbocycles. The van der Waals surface area contributed by atoms with Crippen molar-refractivity contribution >= 4 is 22.5 Å². The molecule has 1 heterocycles. The number of likely N-dealkylation sites (N-methyl/N-ethyl adjacent to an activating group) is 1. The normalized spacial score (nSPS) is 16.3. The van der Waals surface area contributed by atoms with Crippen LogP contribution < -0.4 is 10.6 Å². The Labute approximate surface area is 156 Å². The fourth-order valence-corrected chi connectivity index (χ4v) is 3.84. The number of amides is 1. The SMILES string of the molecule is CCNC1CCc2[nH]c3ccc(NC(=O)c4cccc(F)c4F)cc3c2C1. The zero-order valence-corrected chi connectivity index (χ0v) is 15.0. The van der Waals surface area contributed by atoms with Crippen LogP contribution in [0.5, 0.6) is 0 Å². The van der Waals surface area contributed by atoms with Crippen LogP contribution in [0.1, 0.15) is 35.0 Å². The number of aryl methyl sites for hydroxylation is 1. The van der Waals surface area contributed by atoms with E-state index in [9.17, 15) is 13.6 Å². The van der Waals surface area contributed by atoms with Gasteiger partial charge in [0.15, 0.2) is 11.6 Å². The van der Waals surface area contributed by atoms with E-state index in [0.29, 0.717) is 11.7 Å². The van der Waals surface area contributed by atoms with Gasteiger partial charge in [-0.25, -0.2) is 8.78 Å². The van der Waals surface area contributed by atoms with Crippen molar-refractivity contribution in [1.82, 2.24) is 10.3 Å². The maximum absolute atomic E-state index is 13.9. The molecule has 0 saturated heterocycles. The Balaban J connectivity index is 1.63. The minimum atomic E-state index is -1.14. The number of benzene rings is 2. The van der Waals surface area contributed by atoms with Crippen LogP contribution in [0.3, 0.4) is 0 Å². The highest BCUT2D eigenvalue weighted by Crippen LogP contribution is 2.31. The van der Waals surface area contributed by atoms with Crippen LogP contribution >= 0.6 is 0 Å². The molecule has 1 aliphatic rings. The van der Waals surface area contributed by atoms with E-state index in [2.05, 4.69) is 22.5 Å². The average Bonchev–Trinajstić information content (AvgIpc) is 3.01. The number of anilines is 1.